The minimum absolute atomic E-state index is 0.0301. The van der Waals surface area contributed by atoms with E-state index in [4.69, 9.17) is 37.2 Å². The van der Waals surface area contributed by atoms with E-state index in [1.54, 1.807) is 20.3 Å². The highest BCUT2D eigenvalue weighted by molar-refractivity contribution is 7.44. The van der Waals surface area contributed by atoms with Gasteiger partial charge in [0.25, 0.3) is 8.53 Å². The summed E-state index contributed by atoms with van der Waals surface area (Å²) in [4.78, 5) is 30.4. The average molecular weight is 974 g/mol. The Hall–Kier alpha value is -4.53. The predicted octanol–water partition coefficient (Wildman–Crippen LogP) is 10.3. The summed E-state index contributed by atoms with van der Waals surface area (Å²) >= 11 is 0. The summed E-state index contributed by atoms with van der Waals surface area (Å²) < 4.78 is 56.9. The van der Waals surface area contributed by atoms with Crippen molar-refractivity contribution in [2.24, 2.45) is 0 Å². The fourth-order valence-electron chi connectivity index (χ4n) is 9.62. The Morgan fingerprint density at radius 3 is 1.85 bits per heavy atom. The number of methoxy groups -OCH3 is 2. The smallest absolute Gasteiger partial charge is 0.351 e. The maximum atomic E-state index is 14.1. The van der Waals surface area contributed by atoms with Gasteiger partial charge in [-0.15, -0.1) is 0 Å². The predicted molar refractivity (Wildman–Crippen MR) is 267 cm³/mol. The SMILES string of the molecule is COc1ccc(C(OC[C@H]2O[C@@H](n3ccc(NC(C)=O)nc3=O)C(OCO[Si](C(C)C)(C(C)C)C(C)C)C2OP(OCCC#N)N(C(C)C)C(C)C)(c2ccccc2)c2ccc(OC)cc2)cc1. The molecular weight excluding hydrogens is 902 g/mol. The normalized spacial score (nSPS) is 18.2. The van der Waals surface area contributed by atoms with E-state index in [0.29, 0.717) is 11.5 Å². The number of nitriles is 1. The minimum atomic E-state index is -2.47. The molecule has 3 unspecified atom stereocenters. The molecule has 1 saturated heterocycles. The van der Waals surface area contributed by atoms with E-state index in [2.05, 4.69) is 90.3 Å². The number of ether oxygens (including phenoxy) is 5. The van der Waals surface area contributed by atoms with E-state index < -0.39 is 52.7 Å². The summed E-state index contributed by atoms with van der Waals surface area (Å²) in [5.41, 5.74) is 1.31. The molecule has 1 amide bonds. The molecule has 2 heterocycles. The summed E-state index contributed by atoms with van der Waals surface area (Å²) in [6, 6.07) is 29.1. The van der Waals surface area contributed by atoms with Gasteiger partial charge in [0, 0.05) is 25.2 Å². The molecule has 0 bridgehead atoms. The Kier molecular flexibility index (Phi) is 19.9. The van der Waals surface area contributed by atoms with Crippen LogP contribution in [-0.2, 0) is 38.1 Å². The van der Waals surface area contributed by atoms with Crippen LogP contribution >= 0.6 is 8.53 Å². The number of anilines is 1. The Labute approximate surface area is 405 Å². The second kappa shape index (κ2) is 24.8. The summed E-state index contributed by atoms with van der Waals surface area (Å²) in [7, 11) is -1.10. The van der Waals surface area contributed by atoms with Crippen molar-refractivity contribution in [3.63, 3.8) is 0 Å². The average Bonchev–Trinajstić information content (AvgIpc) is 3.63. The molecule has 3 aromatic carbocycles. The largest absolute Gasteiger partial charge is 0.497 e. The van der Waals surface area contributed by atoms with Crippen LogP contribution in [-0.4, -0.2) is 93.1 Å². The molecule has 17 heteroatoms. The van der Waals surface area contributed by atoms with Gasteiger partial charge in [0.1, 0.15) is 48.0 Å². The van der Waals surface area contributed by atoms with Crippen LogP contribution in [0.4, 0.5) is 5.82 Å². The van der Waals surface area contributed by atoms with Gasteiger partial charge in [-0.25, -0.2) is 9.46 Å². The van der Waals surface area contributed by atoms with Crippen LogP contribution in [0.2, 0.25) is 16.6 Å². The van der Waals surface area contributed by atoms with E-state index in [-0.39, 0.29) is 66.9 Å². The van der Waals surface area contributed by atoms with E-state index in [1.165, 1.54) is 17.7 Å². The van der Waals surface area contributed by atoms with Crippen LogP contribution in [0.25, 0.3) is 0 Å². The molecule has 15 nitrogen and oxygen atoms in total. The van der Waals surface area contributed by atoms with Crippen LogP contribution in [0.15, 0.2) is 95.9 Å². The molecule has 4 aromatic rings. The molecule has 0 radical (unpaired) electrons. The lowest BCUT2D eigenvalue weighted by atomic mass is 9.80. The molecule has 370 valence electrons. The van der Waals surface area contributed by atoms with Crippen LogP contribution in [0.1, 0.15) is 106 Å². The van der Waals surface area contributed by atoms with Crippen LogP contribution in [0.3, 0.4) is 0 Å². The Bertz CT molecular complexity index is 2210. The van der Waals surface area contributed by atoms with Gasteiger partial charge in [-0.05, 0) is 91.3 Å². The lowest BCUT2D eigenvalue weighted by Crippen LogP contribution is -2.49. The van der Waals surface area contributed by atoms with Crippen molar-refractivity contribution >= 4 is 28.6 Å². The number of amides is 1. The summed E-state index contributed by atoms with van der Waals surface area (Å²) in [6.07, 6.45) is -2.30. The van der Waals surface area contributed by atoms with E-state index >= 15 is 0 Å². The van der Waals surface area contributed by atoms with Crippen molar-refractivity contribution in [1.82, 2.24) is 14.2 Å². The minimum Gasteiger partial charge on any atom is -0.497 e. The van der Waals surface area contributed by atoms with Gasteiger partial charge in [-0.1, -0.05) is 96.1 Å². The van der Waals surface area contributed by atoms with E-state index in [1.807, 2.05) is 78.9 Å². The van der Waals surface area contributed by atoms with Crippen molar-refractivity contribution in [3.8, 4) is 17.6 Å². The number of hydrogen-bond acceptors (Lipinski definition) is 13. The van der Waals surface area contributed by atoms with Crippen molar-refractivity contribution in [1.29, 1.82) is 5.26 Å². The van der Waals surface area contributed by atoms with Gasteiger partial charge < -0.3 is 42.5 Å². The summed E-state index contributed by atoms with van der Waals surface area (Å²) in [5, 5.41) is 12.2. The third-order valence-electron chi connectivity index (χ3n) is 12.5. The molecule has 0 aliphatic carbocycles. The first-order valence-corrected chi connectivity index (χ1v) is 26.7. The zero-order valence-corrected chi connectivity index (χ0v) is 43.9. The standard InChI is InChI=1S/C51H72N5O10PSi/c1-34(2)56(35(3)4)67(63-31-17-29-52)66-47-45(32-62-51(40-18-15-14-16-19-40,41-20-24-43(59-12)25-21-41)42-22-26-44(60-13)27-23-42)65-49(55-30-28-46(53-39(11)57)54-50(55)58)48(47)61-33-64-68(36(5)6,37(7)8)38(9)10/h14-16,18-28,30,34-38,45,47-49H,17,31-33H2,1-13H3,(H,53,54,57,58)/t45-,47?,48?,49-,67?/m1/s1. The third-order valence-corrected chi connectivity index (χ3v) is 20.6. The van der Waals surface area contributed by atoms with E-state index in [0.717, 1.165) is 16.7 Å². The second-order valence-corrected chi connectivity index (χ2v) is 25.3. The molecule has 1 aromatic heterocycles. The van der Waals surface area contributed by atoms with Crippen LogP contribution < -0.4 is 20.5 Å². The number of carbonyl (C=O) groups is 1. The number of rotatable bonds is 25. The van der Waals surface area contributed by atoms with Gasteiger partial charge in [-0.3, -0.25) is 9.36 Å². The molecule has 1 fully saturated rings. The topological polar surface area (TPSA) is 165 Å². The van der Waals surface area contributed by atoms with Gasteiger partial charge in [-0.2, -0.15) is 10.2 Å². The summed E-state index contributed by atoms with van der Waals surface area (Å²) in [6.45, 7) is 22.8. The molecule has 0 saturated carbocycles. The number of nitrogens with zero attached hydrogens (tertiary/aromatic N) is 4. The molecular formula is C51H72N5O10PSi. The van der Waals surface area contributed by atoms with Gasteiger partial charge >= 0.3 is 5.69 Å². The Balaban J connectivity index is 1.73. The summed E-state index contributed by atoms with van der Waals surface area (Å²) in [5.74, 6) is 1.08. The Morgan fingerprint density at radius 2 is 1.38 bits per heavy atom. The molecule has 68 heavy (non-hydrogen) atoms. The fraction of sp³-hybridized carbons (Fsp3) is 0.529. The number of hydrogen-bond donors (Lipinski definition) is 1. The first-order chi connectivity index (χ1) is 32.4. The van der Waals surface area contributed by atoms with Crippen molar-refractivity contribution in [3.05, 3.63) is 118 Å². The maximum absolute atomic E-state index is 14.1. The molecule has 5 rings (SSSR count). The zero-order chi connectivity index (χ0) is 49.8. The lowest BCUT2D eigenvalue weighted by molar-refractivity contribution is -0.116. The number of benzene rings is 3. The third kappa shape index (κ3) is 12.4. The van der Waals surface area contributed by atoms with Crippen molar-refractivity contribution < 1.29 is 42.0 Å². The van der Waals surface area contributed by atoms with Crippen LogP contribution in [0.5, 0.6) is 11.5 Å². The van der Waals surface area contributed by atoms with Gasteiger partial charge in [0.05, 0.1) is 39.9 Å². The fourth-order valence-corrected chi connectivity index (χ4v) is 16.7. The molecule has 1 N–H and O–H groups in total. The molecule has 0 spiro atoms. The van der Waals surface area contributed by atoms with E-state index in [9.17, 15) is 14.9 Å². The molecule has 1 aliphatic rings. The zero-order valence-electron chi connectivity index (χ0n) is 42.0. The molecule has 1 aliphatic heterocycles. The maximum Gasteiger partial charge on any atom is 0.351 e. The van der Waals surface area contributed by atoms with Gasteiger partial charge in [0.2, 0.25) is 14.2 Å². The quantitative estimate of drug-likeness (QED) is 0.0220. The number of nitrogens with one attached hydrogen (secondary N) is 1. The molecule has 5 atom stereocenters. The highest BCUT2D eigenvalue weighted by atomic mass is 31.2. The highest BCUT2D eigenvalue weighted by Crippen LogP contribution is 2.52. The lowest BCUT2D eigenvalue weighted by Gasteiger charge is -2.42. The second-order valence-electron chi connectivity index (χ2n) is 18.4. The first kappa shape index (κ1) is 54.4. The monoisotopic (exact) mass is 973 g/mol. The van der Waals surface area contributed by atoms with Crippen LogP contribution in [0, 0.1) is 11.3 Å². The number of carbonyl (C=O) groups excluding carboxylic acids is 1. The van der Waals surface area contributed by atoms with Crippen molar-refractivity contribution in [2.45, 2.75) is 141 Å². The Morgan fingerprint density at radius 1 is 0.838 bits per heavy atom. The number of aromatic nitrogens is 2. The highest BCUT2D eigenvalue weighted by Gasteiger charge is 2.53. The first-order valence-electron chi connectivity index (χ1n) is 23.5. The van der Waals surface area contributed by atoms with Gasteiger partial charge in [0.15, 0.2) is 6.23 Å². The van der Waals surface area contributed by atoms with Crippen molar-refractivity contribution in [2.75, 3.05) is 39.5 Å².